The van der Waals surface area contributed by atoms with Crippen molar-refractivity contribution in [3.8, 4) is 0 Å². The summed E-state index contributed by atoms with van der Waals surface area (Å²) in [5, 5.41) is 0.522. The number of nitrogens with zero attached hydrogens (tertiary/aromatic N) is 2. The van der Waals surface area contributed by atoms with Crippen molar-refractivity contribution in [3.05, 3.63) is 70.7 Å². The van der Waals surface area contributed by atoms with Crippen molar-refractivity contribution < 1.29 is 13.2 Å². The first kappa shape index (κ1) is 22.3. The number of anilines is 1. The van der Waals surface area contributed by atoms with Gasteiger partial charge in [0.2, 0.25) is 0 Å². The molecule has 0 unspecified atom stereocenters. The Bertz CT molecular complexity index is 973. The minimum atomic E-state index is -4.05. The number of halogens is 2. The summed E-state index contributed by atoms with van der Waals surface area (Å²) in [5.74, 6) is -0.287. The van der Waals surface area contributed by atoms with E-state index in [0.717, 1.165) is 4.31 Å². The molecule has 2 aromatic carbocycles. The van der Waals surface area contributed by atoms with Gasteiger partial charge in [0.15, 0.2) is 0 Å². The highest BCUT2D eigenvalue weighted by atomic mass is 35.5. The van der Waals surface area contributed by atoms with E-state index in [1.54, 1.807) is 31.3 Å². The number of amides is 1. The molecule has 1 amide bonds. The number of carbonyl (C=O) groups is 1. The molecular weight excluding hydrogens is 419 g/mol. The van der Waals surface area contributed by atoms with Crippen molar-refractivity contribution in [1.82, 2.24) is 4.90 Å². The monoisotopic (exact) mass is 440 g/mol. The number of hydrogen-bond donors (Lipinski definition) is 0. The second-order valence-electron chi connectivity index (χ2n) is 6.46. The van der Waals surface area contributed by atoms with E-state index in [-0.39, 0.29) is 34.0 Å². The molecule has 0 heterocycles. The second-order valence-corrected chi connectivity index (χ2v) is 9.13. The van der Waals surface area contributed by atoms with E-state index >= 15 is 0 Å². The lowest BCUT2D eigenvalue weighted by Crippen LogP contribution is -2.34. The maximum Gasteiger partial charge on any atom is 0.266 e. The van der Waals surface area contributed by atoms with E-state index in [1.165, 1.54) is 29.2 Å². The van der Waals surface area contributed by atoms with E-state index in [9.17, 15) is 13.2 Å². The third-order valence-electron chi connectivity index (χ3n) is 4.25. The maximum absolute atomic E-state index is 13.3. The molecule has 0 saturated heterocycles. The van der Waals surface area contributed by atoms with Crippen molar-refractivity contribution in [2.24, 2.45) is 0 Å². The first-order valence-electron chi connectivity index (χ1n) is 8.55. The number of hydrogen-bond acceptors (Lipinski definition) is 3. The Morgan fingerprint density at radius 3 is 2.29 bits per heavy atom. The fourth-order valence-corrected chi connectivity index (χ4v) is 4.52. The SMILES string of the molecule is C=CCN(c1ccc(Cl)cc1)S(=O)(=O)c1cc(C(=O)N(C)C(C)C)ccc1Cl. The van der Waals surface area contributed by atoms with Crippen LogP contribution in [0, 0.1) is 0 Å². The van der Waals surface area contributed by atoms with Crippen molar-refractivity contribution in [3.63, 3.8) is 0 Å². The second kappa shape index (κ2) is 8.99. The number of carbonyl (C=O) groups excluding carboxylic acids is 1. The highest BCUT2D eigenvalue weighted by Crippen LogP contribution is 2.30. The van der Waals surface area contributed by atoms with Crippen LogP contribution >= 0.6 is 23.2 Å². The van der Waals surface area contributed by atoms with Crippen molar-refractivity contribution in [1.29, 1.82) is 0 Å². The Morgan fingerprint density at radius 1 is 1.14 bits per heavy atom. The zero-order valence-electron chi connectivity index (χ0n) is 15.9. The van der Waals surface area contributed by atoms with Gasteiger partial charge in [-0.15, -0.1) is 6.58 Å². The van der Waals surface area contributed by atoms with Crippen LogP contribution in [0.25, 0.3) is 0 Å². The zero-order chi connectivity index (χ0) is 21.1. The Balaban J connectivity index is 2.56. The first-order chi connectivity index (χ1) is 13.1. The summed E-state index contributed by atoms with van der Waals surface area (Å²) in [7, 11) is -2.39. The van der Waals surface area contributed by atoms with Gasteiger partial charge in [-0.05, 0) is 56.3 Å². The Labute approximate surface area is 176 Å². The van der Waals surface area contributed by atoms with E-state index in [2.05, 4.69) is 6.58 Å². The summed E-state index contributed by atoms with van der Waals surface area (Å²) in [6, 6.07) is 10.6. The van der Waals surface area contributed by atoms with Crippen LogP contribution < -0.4 is 4.31 Å². The predicted molar refractivity (Wildman–Crippen MR) is 115 cm³/mol. The van der Waals surface area contributed by atoms with Gasteiger partial charge in [0.1, 0.15) is 4.90 Å². The standard InChI is InChI=1S/C20H22Cl2N2O3S/c1-5-12-24(17-9-7-16(21)8-10-17)28(26,27)19-13-15(6-11-18(19)22)20(25)23(4)14(2)3/h5-11,13-14H,1,12H2,2-4H3. The van der Waals surface area contributed by atoms with Crippen LogP contribution in [-0.4, -0.2) is 38.9 Å². The van der Waals surface area contributed by atoms with Gasteiger partial charge in [0.05, 0.1) is 17.3 Å². The minimum Gasteiger partial charge on any atom is -0.339 e. The Morgan fingerprint density at radius 2 is 1.75 bits per heavy atom. The van der Waals surface area contributed by atoms with E-state index < -0.39 is 10.0 Å². The van der Waals surface area contributed by atoms with Crippen LogP contribution in [0.1, 0.15) is 24.2 Å². The van der Waals surface area contributed by atoms with Crippen LogP contribution in [0.15, 0.2) is 60.0 Å². The van der Waals surface area contributed by atoms with Gasteiger partial charge in [-0.25, -0.2) is 8.42 Å². The molecule has 0 spiro atoms. The average molecular weight is 441 g/mol. The minimum absolute atomic E-state index is 0.0321. The van der Waals surface area contributed by atoms with Gasteiger partial charge in [-0.3, -0.25) is 9.10 Å². The molecule has 0 bridgehead atoms. The molecule has 28 heavy (non-hydrogen) atoms. The molecule has 0 aliphatic rings. The zero-order valence-corrected chi connectivity index (χ0v) is 18.2. The van der Waals surface area contributed by atoms with E-state index in [0.29, 0.717) is 10.7 Å². The lowest BCUT2D eigenvalue weighted by Gasteiger charge is -2.25. The third-order valence-corrected chi connectivity index (χ3v) is 6.78. The molecule has 0 aromatic heterocycles. The summed E-state index contributed by atoms with van der Waals surface area (Å²) >= 11 is 12.1. The highest BCUT2D eigenvalue weighted by Gasteiger charge is 2.28. The predicted octanol–water partition coefficient (Wildman–Crippen LogP) is 4.86. The Hall–Kier alpha value is -2.02. The topological polar surface area (TPSA) is 57.7 Å². The fraction of sp³-hybridized carbons (Fsp3) is 0.250. The summed E-state index contributed by atoms with van der Waals surface area (Å²) in [6.45, 7) is 7.41. The molecule has 150 valence electrons. The number of benzene rings is 2. The number of rotatable bonds is 7. The molecule has 0 N–H and O–H groups in total. The van der Waals surface area contributed by atoms with Gasteiger partial charge in [0.25, 0.3) is 15.9 Å². The smallest absolute Gasteiger partial charge is 0.266 e. The van der Waals surface area contributed by atoms with Gasteiger partial charge in [0, 0.05) is 23.7 Å². The van der Waals surface area contributed by atoms with Gasteiger partial charge in [-0.2, -0.15) is 0 Å². The molecule has 0 saturated carbocycles. The molecule has 2 rings (SSSR count). The molecule has 0 aliphatic carbocycles. The maximum atomic E-state index is 13.3. The van der Waals surface area contributed by atoms with Gasteiger partial charge in [-0.1, -0.05) is 29.3 Å². The molecule has 0 atom stereocenters. The van der Waals surface area contributed by atoms with E-state index in [4.69, 9.17) is 23.2 Å². The van der Waals surface area contributed by atoms with Crippen LogP contribution in [0.3, 0.4) is 0 Å². The van der Waals surface area contributed by atoms with Gasteiger partial charge < -0.3 is 4.90 Å². The third kappa shape index (κ3) is 4.69. The van der Waals surface area contributed by atoms with Crippen LogP contribution in [0.4, 0.5) is 5.69 Å². The summed E-state index contributed by atoms with van der Waals surface area (Å²) in [6.07, 6.45) is 1.47. The molecular formula is C20H22Cl2N2O3S. The van der Waals surface area contributed by atoms with E-state index in [1.807, 2.05) is 13.8 Å². The van der Waals surface area contributed by atoms with Crippen molar-refractivity contribution >= 4 is 44.8 Å². The van der Waals surface area contributed by atoms with Crippen LogP contribution in [-0.2, 0) is 10.0 Å². The fourth-order valence-electron chi connectivity index (χ4n) is 2.46. The molecule has 2 aromatic rings. The normalized spacial score (nSPS) is 11.4. The highest BCUT2D eigenvalue weighted by molar-refractivity contribution is 7.93. The average Bonchev–Trinajstić information content (AvgIpc) is 2.65. The van der Waals surface area contributed by atoms with Crippen LogP contribution in [0.5, 0.6) is 0 Å². The lowest BCUT2D eigenvalue weighted by molar-refractivity contribution is 0.0754. The summed E-state index contributed by atoms with van der Waals surface area (Å²) < 4.78 is 27.9. The first-order valence-corrected chi connectivity index (χ1v) is 10.7. The molecule has 0 aliphatic heterocycles. The van der Waals surface area contributed by atoms with Crippen molar-refractivity contribution in [2.75, 3.05) is 17.9 Å². The molecule has 0 fully saturated rings. The summed E-state index contributed by atoms with van der Waals surface area (Å²) in [5.41, 5.74) is 0.658. The quantitative estimate of drug-likeness (QED) is 0.577. The van der Waals surface area contributed by atoms with Gasteiger partial charge >= 0.3 is 0 Å². The lowest BCUT2D eigenvalue weighted by atomic mass is 10.2. The number of sulfonamides is 1. The van der Waals surface area contributed by atoms with Crippen molar-refractivity contribution in [2.45, 2.75) is 24.8 Å². The Kier molecular flexibility index (Phi) is 7.15. The summed E-state index contributed by atoms with van der Waals surface area (Å²) in [4.78, 5) is 14.0. The largest absolute Gasteiger partial charge is 0.339 e. The molecule has 5 nitrogen and oxygen atoms in total. The molecule has 0 radical (unpaired) electrons. The van der Waals surface area contributed by atoms with Crippen LogP contribution in [0.2, 0.25) is 10.0 Å². The molecule has 8 heteroatoms.